The van der Waals surface area contributed by atoms with Crippen molar-refractivity contribution in [3.8, 4) is 0 Å². The molecule has 4 nitrogen and oxygen atoms in total. The van der Waals surface area contributed by atoms with Gasteiger partial charge in [-0.25, -0.2) is 4.79 Å². The second kappa shape index (κ2) is 3.87. The van der Waals surface area contributed by atoms with Gasteiger partial charge in [0.2, 0.25) is 0 Å². The molecule has 0 atom stereocenters. The van der Waals surface area contributed by atoms with Gasteiger partial charge in [0.25, 0.3) is 0 Å². The number of likely N-dealkylation sites (N-methyl/N-ethyl adjacent to an activating group) is 1. The minimum atomic E-state index is -1.15. The van der Waals surface area contributed by atoms with Gasteiger partial charge in [-0.2, -0.15) is 0 Å². The maximum Gasteiger partial charge on any atom is 0.356 e. The third-order valence-electron chi connectivity index (χ3n) is 2.22. The Hall–Kier alpha value is -0.850. The molecule has 0 spiro atoms. The van der Waals surface area contributed by atoms with Crippen LogP contribution in [0, 0.1) is 6.92 Å². The highest BCUT2D eigenvalue weighted by Crippen LogP contribution is 2.47. The fourth-order valence-corrected chi connectivity index (χ4v) is 3.92. The van der Waals surface area contributed by atoms with Gasteiger partial charge in [0.1, 0.15) is 0 Å². The topological polar surface area (TPSA) is 60.8 Å². The Bertz CT molecular complexity index is 509. The molecule has 0 aromatic carbocycles. The smallest absolute Gasteiger partial charge is 0.356 e. The number of carboxylic acid groups (broad SMARTS) is 1. The summed E-state index contributed by atoms with van der Waals surface area (Å²) in [5, 5.41) is 18.9. The van der Waals surface area contributed by atoms with E-state index in [1.165, 1.54) is 27.6 Å². The quantitative estimate of drug-likeness (QED) is 0.773. The molecule has 0 aliphatic carbocycles. The van der Waals surface area contributed by atoms with Gasteiger partial charge in [0, 0.05) is 7.05 Å². The van der Waals surface area contributed by atoms with Crippen molar-refractivity contribution in [3.05, 3.63) is 20.5 Å². The molecule has 1 aromatic rings. The van der Waals surface area contributed by atoms with Crippen molar-refractivity contribution in [2.45, 2.75) is 11.8 Å². The number of rotatable bonds is 1. The highest BCUT2D eigenvalue weighted by molar-refractivity contribution is 7.97. The van der Waals surface area contributed by atoms with Gasteiger partial charge in [-0.3, -0.25) is 0 Å². The molecular weight excluding hydrogens is 270 g/mol. The predicted molar refractivity (Wildman–Crippen MR) is 64.9 cm³/mol. The number of halogens is 1. The SMILES string of the molecule is Cc1c(Cl)sc2c1SN(C)C(C(=O)O)=C2O. The molecule has 0 amide bonds. The fourth-order valence-electron chi connectivity index (χ4n) is 1.41. The van der Waals surface area contributed by atoms with Crippen molar-refractivity contribution in [1.82, 2.24) is 4.31 Å². The largest absolute Gasteiger partial charge is 0.504 e. The average Bonchev–Trinajstić information content (AvgIpc) is 2.45. The number of hydrogen-bond acceptors (Lipinski definition) is 5. The van der Waals surface area contributed by atoms with E-state index in [4.69, 9.17) is 16.7 Å². The molecule has 0 fully saturated rings. The van der Waals surface area contributed by atoms with Gasteiger partial charge in [-0.1, -0.05) is 11.6 Å². The Morgan fingerprint density at radius 3 is 2.69 bits per heavy atom. The monoisotopic (exact) mass is 277 g/mol. The number of thiophene rings is 1. The number of aliphatic hydroxyl groups is 1. The summed E-state index contributed by atoms with van der Waals surface area (Å²) < 4.78 is 2.00. The van der Waals surface area contributed by atoms with E-state index < -0.39 is 5.97 Å². The normalized spacial score (nSPS) is 15.3. The summed E-state index contributed by atoms with van der Waals surface area (Å²) in [6.07, 6.45) is 0. The van der Waals surface area contributed by atoms with Gasteiger partial charge in [0.15, 0.2) is 11.5 Å². The zero-order chi connectivity index (χ0) is 12.0. The number of aliphatic carboxylic acids is 1. The van der Waals surface area contributed by atoms with Crippen molar-refractivity contribution >= 4 is 46.6 Å². The molecule has 0 radical (unpaired) electrons. The van der Waals surface area contributed by atoms with Crippen molar-refractivity contribution in [3.63, 3.8) is 0 Å². The first kappa shape index (κ1) is 11.6. The Morgan fingerprint density at radius 1 is 1.50 bits per heavy atom. The van der Waals surface area contributed by atoms with Gasteiger partial charge in [-0.05, 0) is 24.4 Å². The molecular formula is C9H8ClNO3S2. The summed E-state index contributed by atoms with van der Waals surface area (Å²) in [6, 6.07) is 0. The van der Waals surface area contributed by atoms with E-state index in [9.17, 15) is 9.90 Å². The molecule has 1 aliphatic rings. The number of fused-ring (bicyclic) bond motifs is 1. The van der Waals surface area contributed by atoms with Crippen molar-refractivity contribution in [2.75, 3.05) is 7.05 Å². The summed E-state index contributed by atoms with van der Waals surface area (Å²) in [7, 11) is 1.60. The molecule has 86 valence electrons. The number of carbonyl (C=O) groups is 1. The summed E-state index contributed by atoms with van der Waals surface area (Å²) in [4.78, 5) is 12.3. The Morgan fingerprint density at radius 2 is 2.12 bits per heavy atom. The number of carboxylic acids is 1. The van der Waals surface area contributed by atoms with Gasteiger partial charge in [0.05, 0.1) is 14.1 Å². The lowest BCUT2D eigenvalue weighted by molar-refractivity contribution is -0.133. The second-order valence-electron chi connectivity index (χ2n) is 3.25. The van der Waals surface area contributed by atoms with Crippen molar-refractivity contribution < 1.29 is 15.0 Å². The zero-order valence-electron chi connectivity index (χ0n) is 8.44. The van der Waals surface area contributed by atoms with Crippen molar-refractivity contribution in [2.24, 2.45) is 0 Å². The lowest BCUT2D eigenvalue weighted by Crippen LogP contribution is -2.21. The summed E-state index contributed by atoms with van der Waals surface area (Å²) in [5.41, 5.74) is 0.755. The van der Waals surface area contributed by atoms with Crippen LogP contribution in [0.2, 0.25) is 4.34 Å². The van der Waals surface area contributed by atoms with Crippen LogP contribution in [0.3, 0.4) is 0 Å². The van der Waals surface area contributed by atoms with Crippen LogP contribution in [0.5, 0.6) is 0 Å². The van der Waals surface area contributed by atoms with Crippen LogP contribution in [0.1, 0.15) is 10.4 Å². The molecule has 16 heavy (non-hydrogen) atoms. The van der Waals surface area contributed by atoms with Crippen LogP contribution in [-0.4, -0.2) is 27.5 Å². The summed E-state index contributed by atoms with van der Waals surface area (Å²) in [6.45, 7) is 1.84. The highest BCUT2D eigenvalue weighted by Gasteiger charge is 2.31. The van der Waals surface area contributed by atoms with E-state index in [0.29, 0.717) is 9.21 Å². The lowest BCUT2D eigenvalue weighted by atomic mass is 10.2. The molecule has 2 rings (SSSR count). The van der Waals surface area contributed by atoms with E-state index in [1.54, 1.807) is 7.05 Å². The maximum absolute atomic E-state index is 11.0. The summed E-state index contributed by atoms with van der Waals surface area (Å²) >= 11 is 8.42. The molecule has 0 bridgehead atoms. The van der Waals surface area contributed by atoms with Crippen LogP contribution >= 0.6 is 34.9 Å². The van der Waals surface area contributed by atoms with Crippen LogP contribution in [0.25, 0.3) is 5.76 Å². The van der Waals surface area contributed by atoms with E-state index in [1.807, 2.05) is 6.92 Å². The Kier molecular flexibility index (Phi) is 2.81. The zero-order valence-corrected chi connectivity index (χ0v) is 10.8. The van der Waals surface area contributed by atoms with Gasteiger partial charge in [-0.15, -0.1) is 11.3 Å². The Balaban J connectivity index is 2.67. The van der Waals surface area contributed by atoms with Crippen molar-refractivity contribution in [1.29, 1.82) is 0 Å². The van der Waals surface area contributed by atoms with E-state index in [0.717, 1.165) is 10.5 Å². The minimum absolute atomic E-state index is 0.115. The molecule has 1 aliphatic heterocycles. The van der Waals surface area contributed by atoms with Crippen LogP contribution in [0.15, 0.2) is 10.6 Å². The number of hydrogen-bond donors (Lipinski definition) is 2. The second-order valence-corrected chi connectivity index (χ2v) is 6.01. The summed E-state index contributed by atoms with van der Waals surface area (Å²) in [5.74, 6) is -1.37. The van der Waals surface area contributed by atoms with Crippen LogP contribution in [-0.2, 0) is 4.79 Å². The fraction of sp³-hybridized carbons (Fsp3) is 0.222. The third kappa shape index (κ3) is 1.57. The van der Waals surface area contributed by atoms with Crippen LogP contribution < -0.4 is 0 Å². The standard InChI is InChI=1S/C9H8ClNO3S2/c1-3-6-7(15-8(3)10)5(12)4(9(13)14)11(2)16-6/h12H,1-2H3,(H,13,14). The Labute approximate surface area is 105 Å². The molecule has 2 N–H and O–H groups in total. The molecule has 1 aromatic heterocycles. The third-order valence-corrected chi connectivity index (χ3v) is 5.10. The van der Waals surface area contributed by atoms with Crippen LogP contribution in [0.4, 0.5) is 0 Å². The predicted octanol–water partition coefficient (Wildman–Crippen LogP) is 2.97. The minimum Gasteiger partial charge on any atom is -0.504 e. The highest BCUT2D eigenvalue weighted by atomic mass is 35.5. The number of nitrogens with zero attached hydrogens (tertiary/aromatic N) is 1. The van der Waals surface area contributed by atoms with E-state index >= 15 is 0 Å². The first-order chi connectivity index (χ1) is 7.43. The average molecular weight is 278 g/mol. The lowest BCUT2D eigenvalue weighted by Gasteiger charge is -2.24. The molecule has 0 saturated heterocycles. The number of aliphatic hydroxyl groups excluding tert-OH is 1. The molecule has 2 heterocycles. The maximum atomic E-state index is 11.0. The van der Waals surface area contributed by atoms with E-state index in [-0.39, 0.29) is 11.5 Å². The molecule has 0 saturated carbocycles. The first-order valence-electron chi connectivity index (χ1n) is 4.31. The van der Waals surface area contributed by atoms with Gasteiger partial charge < -0.3 is 14.5 Å². The first-order valence-corrected chi connectivity index (χ1v) is 6.27. The molecule has 0 unspecified atom stereocenters. The van der Waals surface area contributed by atoms with E-state index in [2.05, 4.69) is 0 Å². The molecule has 7 heteroatoms. The van der Waals surface area contributed by atoms with Gasteiger partial charge >= 0.3 is 5.97 Å².